The molecule has 1 saturated heterocycles. The van der Waals surface area contributed by atoms with Crippen LogP contribution in [-0.2, 0) is 11.3 Å². The predicted molar refractivity (Wildman–Crippen MR) is 66.5 cm³/mol. The van der Waals surface area contributed by atoms with Crippen LogP contribution < -0.4 is 5.32 Å². The maximum atomic E-state index is 10.7. The molecule has 1 aliphatic rings. The molecule has 4 nitrogen and oxygen atoms in total. The van der Waals surface area contributed by atoms with Crippen molar-refractivity contribution in [2.24, 2.45) is 5.92 Å². The first-order chi connectivity index (χ1) is 8.25. The molecule has 2 heterocycles. The lowest BCUT2D eigenvalue weighted by Gasteiger charge is -2.22. The summed E-state index contributed by atoms with van der Waals surface area (Å²) >= 11 is 1.29. The molecule has 1 aliphatic heterocycles. The highest BCUT2D eigenvalue weighted by molar-refractivity contribution is 7.13. The van der Waals surface area contributed by atoms with Gasteiger partial charge in [-0.25, -0.2) is 4.79 Å². The van der Waals surface area contributed by atoms with Crippen molar-refractivity contribution in [3.05, 3.63) is 21.9 Å². The van der Waals surface area contributed by atoms with Gasteiger partial charge in [0.25, 0.3) is 0 Å². The second-order valence-electron chi connectivity index (χ2n) is 4.28. The average molecular weight is 255 g/mol. The summed E-state index contributed by atoms with van der Waals surface area (Å²) in [6, 6.07) is 3.47. The molecule has 2 rings (SSSR count). The summed E-state index contributed by atoms with van der Waals surface area (Å²) < 4.78 is 5.64. The maximum Gasteiger partial charge on any atom is 0.345 e. The van der Waals surface area contributed by atoms with Crippen LogP contribution in [-0.4, -0.2) is 30.8 Å². The van der Waals surface area contributed by atoms with E-state index in [2.05, 4.69) is 5.32 Å². The third-order valence-electron chi connectivity index (χ3n) is 2.93. The van der Waals surface area contributed by atoms with Crippen LogP contribution in [0.25, 0.3) is 0 Å². The van der Waals surface area contributed by atoms with E-state index in [1.54, 1.807) is 6.07 Å². The minimum absolute atomic E-state index is 0.380. The lowest BCUT2D eigenvalue weighted by atomic mass is 9.99. The van der Waals surface area contributed by atoms with Crippen molar-refractivity contribution in [1.82, 2.24) is 5.32 Å². The minimum atomic E-state index is -0.861. The number of carbonyl (C=O) groups is 1. The highest BCUT2D eigenvalue weighted by Gasteiger charge is 2.13. The van der Waals surface area contributed by atoms with Gasteiger partial charge in [-0.1, -0.05) is 0 Å². The van der Waals surface area contributed by atoms with E-state index in [1.807, 2.05) is 6.07 Å². The van der Waals surface area contributed by atoms with Crippen molar-refractivity contribution < 1.29 is 14.6 Å². The predicted octanol–water partition coefficient (Wildman–Crippen LogP) is 1.96. The highest BCUT2D eigenvalue weighted by atomic mass is 32.1. The topological polar surface area (TPSA) is 58.6 Å². The standard InChI is InChI=1S/C12H17NO3S/c14-12(15)11-2-1-10(17-11)8-16-7-9-3-5-13-6-4-9/h1-2,9,13H,3-8H2,(H,14,15). The van der Waals surface area contributed by atoms with Gasteiger partial charge in [0.1, 0.15) is 4.88 Å². The van der Waals surface area contributed by atoms with E-state index in [-0.39, 0.29) is 0 Å². The Labute approximate surface area is 105 Å². The molecule has 0 unspecified atom stereocenters. The molecule has 1 fully saturated rings. The number of thiophene rings is 1. The molecule has 17 heavy (non-hydrogen) atoms. The van der Waals surface area contributed by atoms with Gasteiger partial charge in [0.2, 0.25) is 0 Å². The fourth-order valence-electron chi connectivity index (χ4n) is 1.94. The summed E-state index contributed by atoms with van der Waals surface area (Å²) in [5, 5.41) is 12.1. The number of ether oxygens (including phenoxy) is 1. The van der Waals surface area contributed by atoms with Crippen molar-refractivity contribution >= 4 is 17.3 Å². The zero-order valence-corrected chi connectivity index (χ0v) is 10.5. The van der Waals surface area contributed by atoms with Gasteiger partial charge < -0.3 is 15.2 Å². The number of carboxylic acid groups (broad SMARTS) is 1. The first-order valence-corrected chi connectivity index (χ1v) is 6.68. The van der Waals surface area contributed by atoms with Crippen LogP contribution in [0.5, 0.6) is 0 Å². The Morgan fingerprint density at radius 3 is 2.88 bits per heavy atom. The maximum absolute atomic E-state index is 10.7. The summed E-state index contributed by atoms with van der Waals surface area (Å²) in [6.07, 6.45) is 2.34. The van der Waals surface area contributed by atoms with Crippen LogP contribution in [0.15, 0.2) is 12.1 Å². The number of piperidine rings is 1. The van der Waals surface area contributed by atoms with Crippen molar-refractivity contribution in [3.63, 3.8) is 0 Å². The zero-order chi connectivity index (χ0) is 12.1. The summed E-state index contributed by atoms with van der Waals surface area (Å²) in [6.45, 7) is 3.47. The summed E-state index contributed by atoms with van der Waals surface area (Å²) in [5.74, 6) is -0.213. The second kappa shape index (κ2) is 6.14. The Hall–Kier alpha value is -0.910. The van der Waals surface area contributed by atoms with Crippen LogP contribution >= 0.6 is 11.3 Å². The minimum Gasteiger partial charge on any atom is -0.477 e. The zero-order valence-electron chi connectivity index (χ0n) is 9.65. The van der Waals surface area contributed by atoms with E-state index >= 15 is 0 Å². The van der Waals surface area contributed by atoms with Gasteiger partial charge in [0.05, 0.1) is 6.61 Å². The van der Waals surface area contributed by atoms with Gasteiger partial charge in [-0.05, 0) is 44.0 Å². The Bertz CT molecular complexity index is 372. The van der Waals surface area contributed by atoms with E-state index in [0.29, 0.717) is 17.4 Å². The fourth-order valence-corrected chi connectivity index (χ4v) is 2.73. The lowest BCUT2D eigenvalue weighted by molar-refractivity contribution is 0.0702. The van der Waals surface area contributed by atoms with Gasteiger partial charge in [-0.15, -0.1) is 11.3 Å². The molecule has 94 valence electrons. The normalized spacial score (nSPS) is 17.2. The van der Waals surface area contributed by atoms with Crippen LogP contribution in [0, 0.1) is 5.92 Å². The molecule has 0 aromatic carbocycles. The number of hydrogen-bond acceptors (Lipinski definition) is 4. The number of hydrogen-bond donors (Lipinski definition) is 2. The van der Waals surface area contributed by atoms with E-state index < -0.39 is 5.97 Å². The smallest absolute Gasteiger partial charge is 0.345 e. The van der Waals surface area contributed by atoms with Crippen LogP contribution in [0.1, 0.15) is 27.4 Å². The van der Waals surface area contributed by atoms with Crippen molar-refractivity contribution in [1.29, 1.82) is 0 Å². The van der Waals surface area contributed by atoms with Gasteiger partial charge in [-0.3, -0.25) is 0 Å². The third kappa shape index (κ3) is 3.80. The van der Waals surface area contributed by atoms with E-state index in [0.717, 1.165) is 24.6 Å². The van der Waals surface area contributed by atoms with Gasteiger partial charge in [0.15, 0.2) is 0 Å². The SMILES string of the molecule is O=C(O)c1ccc(COCC2CCNCC2)s1. The Morgan fingerprint density at radius 1 is 1.47 bits per heavy atom. The monoisotopic (exact) mass is 255 g/mol. The van der Waals surface area contributed by atoms with Crippen LogP contribution in [0.3, 0.4) is 0 Å². The van der Waals surface area contributed by atoms with E-state index in [4.69, 9.17) is 9.84 Å². The molecule has 0 saturated carbocycles. The first kappa shape index (κ1) is 12.5. The van der Waals surface area contributed by atoms with Gasteiger partial charge in [0, 0.05) is 11.5 Å². The Kier molecular flexibility index (Phi) is 4.53. The molecule has 0 atom stereocenters. The van der Waals surface area contributed by atoms with Gasteiger partial charge in [-0.2, -0.15) is 0 Å². The molecule has 0 aliphatic carbocycles. The molecule has 0 radical (unpaired) electrons. The number of nitrogens with one attached hydrogen (secondary N) is 1. The first-order valence-electron chi connectivity index (χ1n) is 5.86. The van der Waals surface area contributed by atoms with Crippen LogP contribution in [0.4, 0.5) is 0 Å². The summed E-state index contributed by atoms with van der Waals surface area (Å²) in [4.78, 5) is 12.1. The number of aromatic carboxylic acids is 1. The van der Waals surface area contributed by atoms with Crippen molar-refractivity contribution in [2.45, 2.75) is 19.4 Å². The molecule has 0 amide bonds. The van der Waals surface area contributed by atoms with Crippen LogP contribution in [0.2, 0.25) is 0 Å². The number of carboxylic acids is 1. The summed E-state index contributed by atoms with van der Waals surface area (Å²) in [5.41, 5.74) is 0. The Balaban J connectivity index is 1.71. The molecule has 0 bridgehead atoms. The molecular formula is C12H17NO3S. The number of rotatable bonds is 5. The quantitative estimate of drug-likeness (QED) is 0.844. The molecular weight excluding hydrogens is 238 g/mol. The fraction of sp³-hybridized carbons (Fsp3) is 0.583. The van der Waals surface area contributed by atoms with E-state index in [9.17, 15) is 4.79 Å². The average Bonchev–Trinajstić information content (AvgIpc) is 2.79. The molecule has 2 N–H and O–H groups in total. The largest absolute Gasteiger partial charge is 0.477 e. The van der Waals surface area contributed by atoms with E-state index in [1.165, 1.54) is 24.2 Å². The second-order valence-corrected chi connectivity index (χ2v) is 5.45. The Morgan fingerprint density at radius 2 is 2.24 bits per heavy atom. The molecule has 1 aromatic rings. The highest BCUT2D eigenvalue weighted by Crippen LogP contribution is 2.18. The lowest BCUT2D eigenvalue weighted by Crippen LogP contribution is -2.29. The van der Waals surface area contributed by atoms with Crippen molar-refractivity contribution in [2.75, 3.05) is 19.7 Å². The molecule has 5 heteroatoms. The molecule has 1 aromatic heterocycles. The van der Waals surface area contributed by atoms with Crippen molar-refractivity contribution in [3.8, 4) is 0 Å². The molecule has 0 spiro atoms. The third-order valence-corrected chi connectivity index (χ3v) is 3.98. The summed E-state index contributed by atoms with van der Waals surface area (Å²) in [7, 11) is 0. The van der Waals surface area contributed by atoms with Gasteiger partial charge >= 0.3 is 5.97 Å².